The number of aryl methyl sites for hydroxylation is 1. The highest BCUT2D eigenvalue weighted by Crippen LogP contribution is 2.25. The van der Waals surface area contributed by atoms with Crippen LogP contribution in [0.2, 0.25) is 0 Å². The molecule has 2 heterocycles. The highest BCUT2D eigenvalue weighted by atomic mass is 19.1. The molecule has 2 aromatic rings. The summed E-state index contributed by atoms with van der Waals surface area (Å²) in [5, 5.41) is 0. The van der Waals surface area contributed by atoms with Crippen molar-refractivity contribution in [2.45, 2.75) is 31.7 Å². The monoisotopic (exact) mass is 425 g/mol. The smallest absolute Gasteiger partial charge is 0.223 e. The van der Waals surface area contributed by atoms with Crippen LogP contribution in [0.4, 0.5) is 4.39 Å². The minimum atomic E-state index is -0.303. The first-order chi connectivity index (χ1) is 15.0. The third-order valence-electron chi connectivity index (χ3n) is 6.24. The van der Waals surface area contributed by atoms with E-state index in [4.69, 9.17) is 10.5 Å². The van der Waals surface area contributed by atoms with Crippen LogP contribution >= 0.6 is 0 Å². The lowest BCUT2D eigenvalue weighted by atomic mass is 9.93. The highest BCUT2D eigenvalue weighted by molar-refractivity contribution is 5.77. The lowest BCUT2D eigenvalue weighted by Gasteiger charge is -2.47. The molecular weight excluding hydrogens is 397 g/mol. The second kappa shape index (κ2) is 9.47. The zero-order valence-corrected chi connectivity index (χ0v) is 17.5. The molecule has 0 atom stereocenters. The van der Waals surface area contributed by atoms with Crippen LogP contribution < -0.4 is 10.5 Å². The molecule has 7 heteroatoms. The molecule has 0 aromatic heterocycles. The van der Waals surface area contributed by atoms with Crippen molar-refractivity contribution in [2.75, 3.05) is 26.2 Å². The molecule has 2 fully saturated rings. The summed E-state index contributed by atoms with van der Waals surface area (Å²) < 4.78 is 18.8. The molecule has 2 N–H and O–H groups in total. The number of hydrogen-bond donors (Lipinski definition) is 1. The van der Waals surface area contributed by atoms with E-state index in [1.165, 1.54) is 12.1 Å². The van der Waals surface area contributed by atoms with E-state index in [2.05, 4.69) is 4.90 Å². The maximum Gasteiger partial charge on any atom is 0.223 e. The molecule has 0 spiro atoms. The third-order valence-corrected chi connectivity index (χ3v) is 6.24. The second-order valence-corrected chi connectivity index (χ2v) is 8.37. The summed E-state index contributed by atoms with van der Waals surface area (Å²) in [5.41, 5.74) is 6.43. The van der Waals surface area contributed by atoms with E-state index in [9.17, 15) is 14.0 Å². The van der Waals surface area contributed by atoms with E-state index in [0.717, 1.165) is 44.6 Å². The number of piperidine rings is 1. The number of carbonyl (C=O) groups excluding carboxylic acids is 2. The van der Waals surface area contributed by atoms with Gasteiger partial charge in [0.25, 0.3) is 0 Å². The van der Waals surface area contributed by atoms with E-state index in [0.29, 0.717) is 30.4 Å². The number of primary amides is 1. The van der Waals surface area contributed by atoms with Crippen molar-refractivity contribution in [1.29, 1.82) is 0 Å². The molecule has 2 aliphatic heterocycles. The zero-order chi connectivity index (χ0) is 21.8. The average molecular weight is 426 g/mol. The molecule has 0 radical (unpaired) electrons. The van der Waals surface area contributed by atoms with Gasteiger partial charge >= 0.3 is 0 Å². The van der Waals surface area contributed by atoms with E-state index in [1.54, 1.807) is 12.1 Å². The van der Waals surface area contributed by atoms with Gasteiger partial charge in [-0.2, -0.15) is 0 Å². The van der Waals surface area contributed by atoms with Gasteiger partial charge in [0.2, 0.25) is 11.8 Å². The van der Waals surface area contributed by atoms with Crippen molar-refractivity contribution in [3.05, 3.63) is 59.9 Å². The lowest BCUT2D eigenvalue weighted by Crippen LogP contribution is -2.62. The number of rotatable bonds is 7. The molecule has 164 valence electrons. The Labute approximate surface area is 181 Å². The Balaban J connectivity index is 1.21. The second-order valence-electron chi connectivity index (χ2n) is 8.37. The van der Waals surface area contributed by atoms with E-state index in [-0.39, 0.29) is 23.5 Å². The van der Waals surface area contributed by atoms with Crippen LogP contribution in [0.5, 0.6) is 11.5 Å². The minimum Gasteiger partial charge on any atom is -0.457 e. The summed E-state index contributed by atoms with van der Waals surface area (Å²) in [7, 11) is 0. The normalized spacial score (nSPS) is 17.9. The highest BCUT2D eigenvalue weighted by Gasteiger charge is 2.36. The number of nitrogens with zero attached hydrogens (tertiary/aromatic N) is 2. The molecule has 0 bridgehead atoms. The summed E-state index contributed by atoms with van der Waals surface area (Å²) in [4.78, 5) is 28.1. The van der Waals surface area contributed by atoms with Crippen LogP contribution in [0.1, 0.15) is 24.8 Å². The standard InChI is InChI=1S/C24H28FN3O3/c25-19-5-7-21(8-6-19)31-22-3-1-2-17(14-22)4-9-23(29)28-15-20(16-28)27-12-10-18(11-13-27)24(26)30/h1-3,5-8,14,18,20H,4,9-13,15-16H2,(H2,26,30). The zero-order valence-electron chi connectivity index (χ0n) is 17.5. The number of carbonyl (C=O) groups is 2. The van der Waals surface area contributed by atoms with Gasteiger partial charge in [0.15, 0.2) is 0 Å². The fourth-order valence-electron chi connectivity index (χ4n) is 4.25. The molecule has 2 aliphatic rings. The predicted octanol–water partition coefficient (Wildman–Crippen LogP) is 2.96. The van der Waals surface area contributed by atoms with Crippen molar-refractivity contribution < 1.29 is 18.7 Å². The van der Waals surface area contributed by atoms with Gasteiger partial charge in [0.1, 0.15) is 17.3 Å². The number of halogens is 1. The Morgan fingerprint density at radius 2 is 1.74 bits per heavy atom. The Kier molecular flexibility index (Phi) is 6.51. The largest absolute Gasteiger partial charge is 0.457 e. The number of hydrogen-bond acceptors (Lipinski definition) is 4. The van der Waals surface area contributed by atoms with Crippen LogP contribution in [-0.2, 0) is 16.0 Å². The van der Waals surface area contributed by atoms with Crippen LogP contribution in [0.3, 0.4) is 0 Å². The Hall–Kier alpha value is -2.93. The Morgan fingerprint density at radius 1 is 1.03 bits per heavy atom. The summed E-state index contributed by atoms with van der Waals surface area (Å²) in [5.74, 6) is 0.895. The van der Waals surface area contributed by atoms with Crippen molar-refractivity contribution in [2.24, 2.45) is 11.7 Å². The fourth-order valence-corrected chi connectivity index (χ4v) is 4.25. The molecule has 2 aromatic carbocycles. The molecule has 2 saturated heterocycles. The summed E-state index contributed by atoms with van der Waals surface area (Å²) in [6, 6.07) is 13.9. The van der Waals surface area contributed by atoms with Crippen molar-refractivity contribution in [1.82, 2.24) is 9.80 Å². The Morgan fingerprint density at radius 3 is 2.42 bits per heavy atom. The first-order valence-corrected chi connectivity index (χ1v) is 10.8. The lowest BCUT2D eigenvalue weighted by molar-refractivity contribution is -0.139. The summed E-state index contributed by atoms with van der Waals surface area (Å²) >= 11 is 0. The SMILES string of the molecule is NC(=O)C1CCN(C2CN(C(=O)CCc3cccc(Oc4ccc(F)cc4)c3)C2)CC1. The van der Waals surface area contributed by atoms with Crippen LogP contribution in [-0.4, -0.2) is 53.8 Å². The summed E-state index contributed by atoms with van der Waals surface area (Å²) in [6.07, 6.45) is 2.73. The number of benzene rings is 2. The minimum absolute atomic E-state index is 0.00291. The van der Waals surface area contributed by atoms with E-state index < -0.39 is 0 Å². The average Bonchev–Trinajstić information content (AvgIpc) is 2.73. The third kappa shape index (κ3) is 5.41. The van der Waals surface area contributed by atoms with Crippen LogP contribution in [0.15, 0.2) is 48.5 Å². The fraction of sp³-hybridized carbons (Fsp3) is 0.417. The first kappa shape index (κ1) is 21.3. The maximum absolute atomic E-state index is 13.0. The molecular formula is C24H28FN3O3. The maximum atomic E-state index is 13.0. The van der Waals surface area contributed by atoms with Gasteiger partial charge < -0.3 is 15.4 Å². The molecule has 6 nitrogen and oxygen atoms in total. The van der Waals surface area contributed by atoms with Gasteiger partial charge in [-0.25, -0.2) is 4.39 Å². The number of nitrogens with two attached hydrogens (primary N) is 1. The van der Waals surface area contributed by atoms with Crippen molar-refractivity contribution in [3.8, 4) is 11.5 Å². The van der Waals surface area contributed by atoms with Crippen molar-refractivity contribution in [3.63, 3.8) is 0 Å². The molecule has 0 saturated carbocycles. The van der Waals surface area contributed by atoms with Gasteiger partial charge in [-0.1, -0.05) is 12.1 Å². The van der Waals surface area contributed by atoms with Crippen molar-refractivity contribution >= 4 is 11.8 Å². The van der Waals surface area contributed by atoms with E-state index in [1.807, 2.05) is 29.2 Å². The molecule has 0 unspecified atom stereocenters. The van der Waals surface area contributed by atoms with Gasteiger partial charge in [0, 0.05) is 31.5 Å². The number of likely N-dealkylation sites (tertiary alicyclic amines) is 2. The van der Waals surface area contributed by atoms with E-state index >= 15 is 0 Å². The Bertz CT molecular complexity index is 920. The predicted molar refractivity (Wildman–Crippen MR) is 115 cm³/mol. The molecule has 4 rings (SSSR count). The van der Waals surface area contributed by atoms with Crippen LogP contribution in [0, 0.1) is 11.7 Å². The number of amides is 2. The quantitative estimate of drug-likeness (QED) is 0.740. The van der Waals surface area contributed by atoms with Crippen LogP contribution in [0.25, 0.3) is 0 Å². The number of ether oxygens (including phenoxy) is 1. The van der Waals surface area contributed by atoms with Gasteiger partial charge in [0.05, 0.1) is 0 Å². The first-order valence-electron chi connectivity index (χ1n) is 10.8. The van der Waals surface area contributed by atoms with Gasteiger partial charge in [-0.05, 0) is 74.3 Å². The molecule has 0 aliphatic carbocycles. The van der Waals surface area contributed by atoms with Gasteiger partial charge in [-0.15, -0.1) is 0 Å². The van der Waals surface area contributed by atoms with Gasteiger partial charge in [-0.3, -0.25) is 14.5 Å². The summed E-state index contributed by atoms with van der Waals surface area (Å²) in [6.45, 7) is 3.27. The topological polar surface area (TPSA) is 75.9 Å². The molecule has 31 heavy (non-hydrogen) atoms. The molecule has 2 amide bonds.